The number of aromatic nitrogens is 1. The number of amides is 1. The summed E-state index contributed by atoms with van der Waals surface area (Å²) < 4.78 is 18.6. The number of guanidine groups is 1. The smallest absolute Gasteiger partial charge is 0.226 e. The average molecular weight is 569 g/mol. The monoisotopic (exact) mass is 569 g/mol. The Morgan fingerprint density at radius 1 is 1.24 bits per heavy atom. The fourth-order valence-corrected chi connectivity index (χ4v) is 4.45. The number of nitrogens with one attached hydrogen (secondary N) is 2. The third kappa shape index (κ3) is 6.91. The Morgan fingerprint density at radius 2 is 2.00 bits per heavy atom. The van der Waals surface area contributed by atoms with Gasteiger partial charge in [0.15, 0.2) is 5.96 Å². The lowest BCUT2D eigenvalue weighted by molar-refractivity contribution is -0.134. The van der Waals surface area contributed by atoms with Crippen LogP contribution in [0.3, 0.4) is 0 Å². The quantitative estimate of drug-likeness (QED) is 0.300. The molecule has 2 fully saturated rings. The predicted molar refractivity (Wildman–Crippen MR) is 137 cm³/mol. The van der Waals surface area contributed by atoms with E-state index in [0.29, 0.717) is 24.8 Å². The van der Waals surface area contributed by atoms with Gasteiger partial charge in [-0.3, -0.25) is 9.79 Å². The molecule has 1 aliphatic heterocycles. The molecule has 1 saturated carbocycles. The number of carbonyl (C=O) groups is 1. The molecule has 1 amide bonds. The molecule has 2 N–H and O–H groups in total. The van der Waals surface area contributed by atoms with Gasteiger partial charge in [0.1, 0.15) is 12.1 Å². The van der Waals surface area contributed by atoms with Crippen LogP contribution in [0.4, 0.5) is 4.39 Å². The Kier molecular flexibility index (Phi) is 9.52. The number of oxazole rings is 1. The van der Waals surface area contributed by atoms with Gasteiger partial charge >= 0.3 is 0 Å². The standard InChI is InChI=1S/C24H32FN5O2.HI/c1-2-26-24(29-20-12-14-30(15-20)23(31)18-5-3-4-6-18)27-13-11-21-16-32-22(28-21)17-7-9-19(25)10-8-17;/h7-10,16,18,20H,2-6,11-15H2,1H3,(H2,26,27,29);1H. The van der Waals surface area contributed by atoms with Crippen LogP contribution in [0.25, 0.3) is 11.5 Å². The van der Waals surface area contributed by atoms with Gasteiger partial charge in [-0.05, 0) is 50.5 Å². The highest BCUT2D eigenvalue weighted by atomic mass is 127. The van der Waals surface area contributed by atoms with Crippen LogP contribution >= 0.6 is 24.0 Å². The highest BCUT2D eigenvalue weighted by Gasteiger charge is 2.32. The van der Waals surface area contributed by atoms with Gasteiger partial charge in [0, 0.05) is 50.1 Å². The third-order valence-corrected chi connectivity index (χ3v) is 6.17. The van der Waals surface area contributed by atoms with Gasteiger partial charge in [-0.25, -0.2) is 9.37 Å². The average Bonchev–Trinajstić information content (AvgIpc) is 3.56. The number of hydrogen-bond donors (Lipinski definition) is 2. The van der Waals surface area contributed by atoms with Gasteiger partial charge in [0.2, 0.25) is 11.8 Å². The number of hydrogen-bond acceptors (Lipinski definition) is 4. The molecular formula is C24H33FIN5O2. The van der Waals surface area contributed by atoms with Crippen molar-refractivity contribution in [2.24, 2.45) is 10.9 Å². The van der Waals surface area contributed by atoms with E-state index in [9.17, 15) is 9.18 Å². The molecule has 0 radical (unpaired) electrons. The second kappa shape index (κ2) is 12.3. The summed E-state index contributed by atoms with van der Waals surface area (Å²) in [6, 6.07) is 6.31. The van der Waals surface area contributed by atoms with Crippen molar-refractivity contribution in [3.63, 3.8) is 0 Å². The molecule has 2 aromatic rings. The third-order valence-electron chi connectivity index (χ3n) is 6.17. The molecular weight excluding hydrogens is 536 g/mol. The minimum Gasteiger partial charge on any atom is -0.444 e. The molecule has 1 unspecified atom stereocenters. The first-order valence-corrected chi connectivity index (χ1v) is 11.7. The summed E-state index contributed by atoms with van der Waals surface area (Å²) in [5.41, 5.74) is 1.55. The summed E-state index contributed by atoms with van der Waals surface area (Å²) in [6.45, 7) is 4.92. The van der Waals surface area contributed by atoms with E-state index in [-0.39, 0.29) is 41.8 Å². The number of carbonyl (C=O) groups excluding carboxylic acids is 1. The maximum atomic E-state index is 13.1. The molecule has 1 saturated heterocycles. The first-order chi connectivity index (χ1) is 15.6. The highest BCUT2D eigenvalue weighted by molar-refractivity contribution is 14.0. The predicted octanol–water partition coefficient (Wildman–Crippen LogP) is 3.99. The molecule has 0 spiro atoms. The van der Waals surface area contributed by atoms with Crippen LogP contribution in [-0.2, 0) is 11.2 Å². The lowest BCUT2D eigenvalue weighted by atomic mass is 10.1. The first kappa shape index (κ1) is 25.5. The zero-order chi connectivity index (χ0) is 22.3. The molecule has 2 heterocycles. The van der Waals surface area contributed by atoms with Crippen molar-refractivity contribution in [2.75, 3.05) is 26.2 Å². The van der Waals surface area contributed by atoms with E-state index in [1.165, 1.54) is 25.0 Å². The van der Waals surface area contributed by atoms with Gasteiger partial charge in [0.25, 0.3) is 0 Å². The van der Waals surface area contributed by atoms with Crippen molar-refractivity contribution in [1.82, 2.24) is 20.5 Å². The maximum Gasteiger partial charge on any atom is 0.226 e. The van der Waals surface area contributed by atoms with Gasteiger partial charge < -0.3 is 20.0 Å². The summed E-state index contributed by atoms with van der Waals surface area (Å²) >= 11 is 0. The zero-order valence-electron chi connectivity index (χ0n) is 19.1. The summed E-state index contributed by atoms with van der Waals surface area (Å²) in [6.07, 6.45) is 7.65. The molecule has 7 nitrogen and oxygen atoms in total. The molecule has 1 aromatic heterocycles. The van der Waals surface area contributed by atoms with Crippen LogP contribution in [0.2, 0.25) is 0 Å². The Labute approximate surface area is 211 Å². The lowest BCUT2D eigenvalue weighted by Crippen LogP contribution is -2.45. The van der Waals surface area contributed by atoms with E-state index in [0.717, 1.165) is 56.1 Å². The largest absolute Gasteiger partial charge is 0.444 e. The first-order valence-electron chi connectivity index (χ1n) is 11.7. The fraction of sp³-hybridized carbons (Fsp3) is 0.542. The number of likely N-dealkylation sites (tertiary alicyclic amines) is 1. The number of benzene rings is 1. The molecule has 33 heavy (non-hydrogen) atoms. The SMILES string of the molecule is CCNC(=NCCc1coc(-c2ccc(F)cc2)n1)NC1CCN(C(=O)C2CCCC2)C1.I. The number of aliphatic imine (C=N–C) groups is 1. The summed E-state index contributed by atoms with van der Waals surface area (Å²) in [4.78, 5) is 23.8. The molecule has 180 valence electrons. The van der Waals surface area contributed by atoms with E-state index in [2.05, 4.69) is 20.6 Å². The van der Waals surface area contributed by atoms with Gasteiger partial charge in [0.05, 0.1) is 5.69 Å². The molecule has 4 rings (SSSR count). The molecule has 9 heteroatoms. The Balaban J connectivity index is 0.00000306. The number of halogens is 2. The van der Waals surface area contributed by atoms with E-state index in [1.54, 1.807) is 18.4 Å². The van der Waals surface area contributed by atoms with Crippen LogP contribution in [0.15, 0.2) is 39.9 Å². The van der Waals surface area contributed by atoms with Gasteiger partial charge in [-0.2, -0.15) is 0 Å². The van der Waals surface area contributed by atoms with E-state index >= 15 is 0 Å². The van der Waals surface area contributed by atoms with E-state index in [1.807, 2.05) is 11.8 Å². The van der Waals surface area contributed by atoms with Crippen molar-refractivity contribution in [2.45, 2.75) is 51.5 Å². The summed E-state index contributed by atoms with van der Waals surface area (Å²) in [5, 5.41) is 6.77. The van der Waals surface area contributed by atoms with E-state index < -0.39 is 0 Å². The Morgan fingerprint density at radius 3 is 2.73 bits per heavy atom. The molecule has 1 aliphatic carbocycles. The van der Waals surface area contributed by atoms with Crippen molar-refractivity contribution in [3.8, 4) is 11.5 Å². The highest BCUT2D eigenvalue weighted by Crippen LogP contribution is 2.27. The summed E-state index contributed by atoms with van der Waals surface area (Å²) in [5.74, 6) is 1.52. The van der Waals surface area contributed by atoms with Crippen molar-refractivity contribution in [3.05, 3.63) is 42.0 Å². The van der Waals surface area contributed by atoms with Crippen LogP contribution in [0.1, 0.15) is 44.7 Å². The maximum absolute atomic E-state index is 13.1. The topological polar surface area (TPSA) is 82.8 Å². The van der Waals surface area contributed by atoms with Crippen LogP contribution in [0, 0.1) is 11.7 Å². The Bertz CT molecular complexity index is 927. The van der Waals surface area contributed by atoms with Crippen LogP contribution < -0.4 is 10.6 Å². The Hall–Kier alpha value is -2.17. The molecule has 2 aliphatic rings. The van der Waals surface area contributed by atoms with Gasteiger partial charge in [-0.15, -0.1) is 24.0 Å². The minimum absolute atomic E-state index is 0. The number of nitrogens with zero attached hydrogens (tertiary/aromatic N) is 3. The second-order valence-electron chi connectivity index (χ2n) is 8.56. The van der Waals surface area contributed by atoms with Crippen molar-refractivity contribution >= 4 is 35.8 Å². The van der Waals surface area contributed by atoms with Crippen LogP contribution in [-0.4, -0.2) is 54.0 Å². The normalized spacial score (nSPS) is 18.9. The fourth-order valence-electron chi connectivity index (χ4n) is 4.45. The van der Waals surface area contributed by atoms with Crippen LogP contribution in [0.5, 0.6) is 0 Å². The zero-order valence-corrected chi connectivity index (χ0v) is 21.4. The summed E-state index contributed by atoms with van der Waals surface area (Å²) in [7, 11) is 0. The molecule has 1 aromatic carbocycles. The van der Waals surface area contributed by atoms with Crippen molar-refractivity contribution < 1.29 is 13.6 Å². The lowest BCUT2D eigenvalue weighted by Gasteiger charge is -2.21. The van der Waals surface area contributed by atoms with Crippen molar-refractivity contribution in [1.29, 1.82) is 0 Å². The molecule has 0 bridgehead atoms. The minimum atomic E-state index is -0.286. The second-order valence-corrected chi connectivity index (χ2v) is 8.56. The van der Waals surface area contributed by atoms with E-state index in [4.69, 9.17) is 4.42 Å². The van der Waals surface area contributed by atoms with Gasteiger partial charge in [-0.1, -0.05) is 12.8 Å². The molecule has 1 atom stereocenters. The number of rotatable bonds is 7.